The highest BCUT2D eigenvalue weighted by Gasteiger charge is 2.18. The molecule has 0 amide bonds. The minimum Gasteiger partial charge on any atom is -0.480 e. The Kier molecular flexibility index (Phi) is 4.95. The molecule has 0 bridgehead atoms. The average molecular weight is 294 g/mol. The van der Waals surface area contributed by atoms with E-state index in [1.54, 1.807) is 0 Å². The van der Waals surface area contributed by atoms with Crippen molar-refractivity contribution in [3.63, 3.8) is 0 Å². The molecule has 1 saturated heterocycles. The molecule has 7 nitrogen and oxygen atoms in total. The van der Waals surface area contributed by atoms with E-state index < -0.39 is 5.97 Å². The Hall–Kier alpha value is -1.89. The van der Waals surface area contributed by atoms with Crippen LogP contribution in [0.4, 0.5) is 5.82 Å². The molecule has 0 unspecified atom stereocenters. The predicted octanol–water partition coefficient (Wildman–Crippen LogP) is 0.490. The van der Waals surface area contributed by atoms with Crippen molar-refractivity contribution in [2.24, 2.45) is 0 Å². The molecule has 1 aliphatic rings. The molecule has 1 fully saturated rings. The highest BCUT2D eigenvalue weighted by Crippen LogP contribution is 2.15. The Balaban J connectivity index is 2.12. The van der Waals surface area contributed by atoms with Crippen molar-refractivity contribution in [3.8, 4) is 0 Å². The molecule has 7 heteroatoms. The lowest BCUT2D eigenvalue weighted by atomic mass is 10.2. The number of aliphatic carboxylic acids is 1. The van der Waals surface area contributed by atoms with Crippen LogP contribution in [0.25, 0.3) is 0 Å². The quantitative estimate of drug-likeness (QED) is 0.840. The van der Waals surface area contributed by atoms with Gasteiger partial charge in [-0.3, -0.25) is 14.5 Å². The second-order valence-corrected chi connectivity index (χ2v) is 5.65. The van der Waals surface area contributed by atoms with E-state index in [0.717, 1.165) is 19.5 Å². The number of anilines is 1. The number of carbonyl (C=O) groups is 1. The van der Waals surface area contributed by atoms with Crippen LogP contribution in [0.1, 0.15) is 32.0 Å². The molecule has 1 aromatic rings. The second-order valence-electron chi connectivity index (χ2n) is 5.65. The summed E-state index contributed by atoms with van der Waals surface area (Å²) in [5, 5.41) is 8.86. The fourth-order valence-corrected chi connectivity index (χ4v) is 2.45. The van der Waals surface area contributed by atoms with Gasteiger partial charge in [0.1, 0.15) is 11.6 Å². The zero-order chi connectivity index (χ0) is 15.4. The molecule has 2 rings (SSSR count). The molecule has 0 aliphatic carbocycles. The normalized spacial score (nSPS) is 17.0. The minimum atomic E-state index is -0.806. The van der Waals surface area contributed by atoms with Gasteiger partial charge in [0.25, 0.3) is 5.56 Å². The first kappa shape index (κ1) is 15.5. The second kappa shape index (κ2) is 6.71. The summed E-state index contributed by atoms with van der Waals surface area (Å²) in [4.78, 5) is 33.8. The number of carboxylic acids is 1. The summed E-state index contributed by atoms with van der Waals surface area (Å²) in [6.07, 6.45) is 0.860. The largest absolute Gasteiger partial charge is 0.480 e. The molecule has 0 aromatic carbocycles. The fraction of sp³-hybridized carbons (Fsp3) is 0.643. The van der Waals surface area contributed by atoms with Crippen molar-refractivity contribution >= 4 is 11.8 Å². The first-order chi connectivity index (χ1) is 9.95. The standard InChI is InChI=1S/C14H22N4O3/c1-10(2)14-15-11(8-12(19)16-14)18-5-3-4-17(6-7-18)9-13(20)21/h8,10H,3-7,9H2,1-2H3,(H,20,21)(H,15,16,19). The molecule has 0 radical (unpaired) electrons. The van der Waals surface area contributed by atoms with E-state index in [1.165, 1.54) is 6.07 Å². The number of hydrogen-bond donors (Lipinski definition) is 2. The maximum absolute atomic E-state index is 11.7. The van der Waals surface area contributed by atoms with Crippen molar-refractivity contribution in [2.75, 3.05) is 37.6 Å². The monoisotopic (exact) mass is 294 g/mol. The number of nitrogens with zero attached hydrogens (tertiary/aromatic N) is 3. The Morgan fingerprint density at radius 1 is 1.38 bits per heavy atom. The third-order valence-electron chi connectivity index (χ3n) is 3.56. The van der Waals surface area contributed by atoms with Gasteiger partial charge in [-0.1, -0.05) is 13.8 Å². The summed E-state index contributed by atoms with van der Waals surface area (Å²) in [7, 11) is 0. The van der Waals surface area contributed by atoms with Gasteiger partial charge in [-0.15, -0.1) is 0 Å². The Morgan fingerprint density at radius 3 is 2.81 bits per heavy atom. The minimum absolute atomic E-state index is 0.0634. The number of hydrogen-bond acceptors (Lipinski definition) is 5. The maximum atomic E-state index is 11.7. The molecule has 0 atom stereocenters. The Labute approximate surface area is 123 Å². The summed E-state index contributed by atoms with van der Waals surface area (Å²) in [6, 6.07) is 1.51. The fourth-order valence-electron chi connectivity index (χ4n) is 2.45. The Bertz CT molecular complexity index is 555. The first-order valence-electron chi connectivity index (χ1n) is 7.26. The van der Waals surface area contributed by atoms with Gasteiger partial charge in [-0.05, 0) is 6.42 Å². The summed E-state index contributed by atoms with van der Waals surface area (Å²) in [5.74, 6) is 0.719. The van der Waals surface area contributed by atoms with Gasteiger partial charge in [0.2, 0.25) is 0 Å². The number of H-pyrrole nitrogens is 1. The molecular formula is C14H22N4O3. The third kappa shape index (κ3) is 4.29. The van der Waals surface area contributed by atoms with Gasteiger partial charge >= 0.3 is 5.97 Å². The van der Waals surface area contributed by atoms with Crippen LogP contribution in [-0.4, -0.2) is 58.7 Å². The van der Waals surface area contributed by atoms with Gasteiger partial charge in [0, 0.05) is 38.2 Å². The SMILES string of the molecule is CC(C)c1nc(N2CCCN(CC(=O)O)CC2)cc(=O)[nH]1. The number of nitrogens with one attached hydrogen (secondary N) is 1. The highest BCUT2D eigenvalue weighted by molar-refractivity contribution is 5.69. The average Bonchev–Trinajstić information content (AvgIpc) is 2.63. The van der Waals surface area contributed by atoms with E-state index in [-0.39, 0.29) is 18.0 Å². The lowest BCUT2D eigenvalue weighted by Gasteiger charge is -2.22. The summed E-state index contributed by atoms with van der Waals surface area (Å²) in [6.45, 7) is 6.91. The van der Waals surface area contributed by atoms with Crippen molar-refractivity contribution in [1.29, 1.82) is 0 Å². The van der Waals surface area contributed by atoms with Gasteiger partial charge < -0.3 is 15.0 Å². The van der Waals surface area contributed by atoms with E-state index in [1.807, 2.05) is 18.7 Å². The maximum Gasteiger partial charge on any atom is 0.317 e. The molecule has 2 N–H and O–H groups in total. The van der Waals surface area contributed by atoms with Crippen LogP contribution in [0.15, 0.2) is 10.9 Å². The summed E-state index contributed by atoms with van der Waals surface area (Å²) in [5.41, 5.74) is -0.143. The van der Waals surface area contributed by atoms with Gasteiger partial charge in [-0.25, -0.2) is 4.98 Å². The number of carboxylic acid groups (broad SMARTS) is 1. The highest BCUT2D eigenvalue weighted by atomic mass is 16.4. The molecule has 0 spiro atoms. The molecular weight excluding hydrogens is 272 g/mol. The number of rotatable bonds is 4. The lowest BCUT2D eigenvalue weighted by Crippen LogP contribution is -2.34. The molecule has 0 saturated carbocycles. The summed E-state index contributed by atoms with van der Waals surface area (Å²) < 4.78 is 0. The zero-order valence-electron chi connectivity index (χ0n) is 12.5. The molecule has 21 heavy (non-hydrogen) atoms. The van der Waals surface area contributed by atoms with Crippen molar-refractivity contribution in [3.05, 3.63) is 22.2 Å². The van der Waals surface area contributed by atoms with E-state index in [0.29, 0.717) is 24.7 Å². The van der Waals surface area contributed by atoms with Crippen LogP contribution < -0.4 is 10.5 Å². The number of aromatic nitrogens is 2. The van der Waals surface area contributed by atoms with Crippen LogP contribution in [0.5, 0.6) is 0 Å². The molecule has 2 heterocycles. The van der Waals surface area contributed by atoms with E-state index in [4.69, 9.17) is 5.11 Å². The molecule has 1 aliphatic heterocycles. The summed E-state index contributed by atoms with van der Waals surface area (Å²) >= 11 is 0. The van der Waals surface area contributed by atoms with Gasteiger partial charge in [-0.2, -0.15) is 0 Å². The lowest BCUT2D eigenvalue weighted by molar-refractivity contribution is -0.138. The van der Waals surface area contributed by atoms with Crippen LogP contribution in [-0.2, 0) is 4.79 Å². The van der Waals surface area contributed by atoms with Crippen molar-refractivity contribution in [1.82, 2.24) is 14.9 Å². The van der Waals surface area contributed by atoms with Gasteiger partial charge in [0.15, 0.2) is 0 Å². The molecule has 1 aromatic heterocycles. The first-order valence-corrected chi connectivity index (χ1v) is 7.26. The predicted molar refractivity (Wildman–Crippen MR) is 79.9 cm³/mol. The van der Waals surface area contributed by atoms with Crippen LogP contribution in [0, 0.1) is 0 Å². The van der Waals surface area contributed by atoms with E-state index >= 15 is 0 Å². The van der Waals surface area contributed by atoms with Crippen LogP contribution in [0.3, 0.4) is 0 Å². The van der Waals surface area contributed by atoms with Gasteiger partial charge in [0.05, 0.1) is 6.54 Å². The molecule has 116 valence electrons. The Morgan fingerprint density at radius 2 is 2.14 bits per heavy atom. The third-order valence-corrected chi connectivity index (χ3v) is 3.56. The van der Waals surface area contributed by atoms with E-state index in [9.17, 15) is 9.59 Å². The van der Waals surface area contributed by atoms with E-state index in [2.05, 4.69) is 14.9 Å². The van der Waals surface area contributed by atoms with Crippen LogP contribution in [0.2, 0.25) is 0 Å². The van der Waals surface area contributed by atoms with Crippen molar-refractivity contribution in [2.45, 2.75) is 26.2 Å². The zero-order valence-corrected chi connectivity index (χ0v) is 12.5. The van der Waals surface area contributed by atoms with Crippen molar-refractivity contribution < 1.29 is 9.90 Å². The van der Waals surface area contributed by atoms with Crippen LogP contribution >= 0.6 is 0 Å². The topological polar surface area (TPSA) is 89.5 Å². The smallest absolute Gasteiger partial charge is 0.317 e. The number of aromatic amines is 1.